The Kier molecular flexibility index (Phi) is 3.68. The van der Waals surface area contributed by atoms with Crippen LogP contribution in [0.3, 0.4) is 0 Å². The number of ether oxygens (including phenoxy) is 1. The minimum atomic E-state index is -2.65. The van der Waals surface area contributed by atoms with E-state index in [2.05, 4.69) is 9.21 Å². The van der Waals surface area contributed by atoms with Gasteiger partial charge in [0, 0.05) is 0 Å². The first kappa shape index (κ1) is 10.9. The van der Waals surface area contributed by atoms with Crippen LogP contribution in [0.5, 0.6) is 0 Å². The number of rotatable bonds is 1. The molecule has 0 atom stereocenters. The van der Waals surface area contributed by atoms with E-state index < -0.39 is 22.2 Å². The Bertz CT molecular complexity index is 279. The molecule has 0 saturated heterocycles. The van der Waals surface area contributed by atoms with Crippen molar-refractivity contribution in [2.75, 3.05) is 0 Å². The lowest BCUT2D eigenvalue weighted by Crippen LogP contribution is -2.29. The summed E-state index contributed by atoms with van der Waals surface area (Å²) in [6.07, 6.45) is -0.897. The van der Waals surface area contributed by atoms with Gasteiger partial charge in [0.1, 0.15) is 5.60 Å². The van der Waals surface area contributed by atoms with E-state index in [0.717, 1.165) is 0 Å². The number of carbonyl (C=O) groups excluding carboxylic acids is 1. The number of nitrogens with one attached hydrogen (secondary N) is 1. The van der Waals surface area contributed by atoms with Crippen LogP contribution in [-0.4, -0.2) is 20.1 Å². The van der Waals surface area contributed by atoms with Crippen molar-refractivity contribution >= 4 is 16.6 Å². The van der Waals surface area contributed by atoms with Crippen LogP contribution in [0.2, 0.25) is 0 Å². The standard InChI is InChI=1S/C5H10N2O4S/c1-5(2,3)11-4(8)6-7-12(9)10/h1-3H3,(H,6,8). The summed E-state index contributed by atoms with van der Waals surface area (Å²) in [5, 5.41) is 0. The summed E-state index contributed by atoms with van der Waals surface area (Å²) in [5.41, 5.74) is 1.03. The van der Waals surface area contributed by atoms with Crippen LogP contribution in [0.25, 0.3) is 0 Å². The average molecular weight is 194 g/mol. The maximum absolute atomic E-state index is 10.7. The summed E-state index contributed by atoms with van der Waals surface area (Å²) < 4.78 is 27.0. The van der Waals surface area contributed by atoms with Gasteiger partial charge in [-0.1, -0.05) is 0 Å². The summed E-state index contributed by atoms with van der Waals surface area (Å²) in [5.74, 6) is 0. The number of hydrogen-bond donors (Lipinski definition) is 1. The number of carbonyl (C=O) groups is 1. The summed E-state index contributed by atoms with van der Waals surface area (Å²) in [7, 11) is -2.65. The molecule has 70 valence electrons. The van der Waals surface area contributed by atoms with E-state index in [4.69, 9.17) is 0 Å². The molecule has 0 spiro atoms. The number of nitrogens with zero attached hydrogens (tertiary/aromatic N) is 1. The predicted octanol–water partition coefficient (Wildman–Crippen LogP) is 0.489. The average Bonchev–Trinajstić information content (AvgIpc) is 1.79. The molecule has 12 heavy (non-hydrogen) atoms. The van der Waals surface area contributed by atoms with E-state index in [-0.39, 0.29) is 0 Å². The van der Waals surface area contributed by atoms with Crippen molar-refractivity contribution in [1.82, 2.24) is 5.43 Å². The Balaban J connectivity index is 4.01. The van der Waals surface area contributed by atoms with Crippen molar-refractivity contribution < 1.29 is 17.9 Å². The van der Waals surface area contributed by atoms with Gasteiger partial charge in [-0.15, -0.1) is 0 Å². The monoisotopic (exact) mass is 194 g/mol. The third-order valence-corrected chi connectivity index (χ3v) is 0.851. The zero-order valence-corrected chi connectivity index (χ0v) is 7.80. The van der Waals surface area contributed by atoms with Crippen LogP contribution in [0, 0.1) is 0 Å². The minimum absolute atomic E-state index is 0.663. The summed E-state index contributed by atoms with van der Waals surface area (Å²) in [6, 6.07) is 0. The second-order valence-electron chi connectivity index (χ2n) is 2.92. The summed E-state index contributed by atoms with van der Waals surface area (Å²) >= 11 is 0. The van der Waals surface area contributed by atoms with E-state index in [9.17, 15) is 13.2 Å². The van der Waals surface area contributed by atoms with Crippen LogP contribution >= 0.6 is 0 Å². The molecule has 7 heteroatoms. The quantitative estimate of drug-likeness (QED) is 0.615. The van der Waals surface area contributed by atoms with Crippen molar-refractivity contribution in [2.45, 2.75) is 26.4 Å². The van der Waals surface area contributed by atoms with E-state index in [1.54, 1.807) is 26.2 Å². The molecule has 0 rings (SSSR count). The smallest absolute Gasteiger partial charge is 0.429 e. The van der Waals surface area contributed by atoms with E-state index in [0.29, 0.717) is 0 Å². The second-order valence-corrected chi connectivity index (χ2v) is 3.54. The van der Waals surface area contributed by atoms with Crippen LogP contribution in [0.1, 0.15) is 20.8 Å². The highest BCUT2D eigenvalue weighted by atomic mass is 32.2. The highest BCUT2D eigenvalue weighted by Crippen LogP contribution is 2.05. The summed E-state index contributed by atoms with van der Waals surface area (Å²) in [4.78, 5) is 10.7. The molecular weight excluding hydrogens is 184 g/mol. The van der Waals surface area contributed by atoms with Crippen molar-refractivity contribution in [3.05, 3.63) is 0 Å². The molecule has 1 amide bonds. The van der Waals surface area contributed by atoms with E-state index in [1.807, 2.05) is 0 Å². The fraction of sp³-hybridized carbons (Fsp3) is 0.800. The molecule has 0 aromatic rings. The Labute approximate surface area is 71.6 Å². The molecule has 0 fully saturated rings. The third-order valence-electron chi connectivity index (χ3n) is 0.610. The molecule has 1 N–H and O–H groups in total. The van der Waals surface area contributed by atoms with Gasteiger partial charge < -0.3 is 4.74 Å². The number of amides is 1. The number of hydrogen-bond acceptors (Lipinski definition) is 5. The lowest BCUT2D eigenvalue weighted by Gasteiger charge is -2.17. The van der Waals surface area contributed by atoms with Gasteiger partial charge in [0.05, 0.1) is 0 Å². The van der Waals surface area contributed by atoms with Gasteiger partial charge >= 0.3 is 16.6 Å². The molecule has 0 aliphatic rings. The molecule has 0 aromatic heterocycles. The third kappa shape index (κ3) is 7.00. The molecule has 0 radical (unpaired) electrons. The molecule has 0 heterocycles. The molecule has 0 bridgehead atoms. The largest absolute Gasteiger partial charge is 0.443 e. The Morgan fingerprint density at radius 1 is 1.42 bits per heavy atom. The molecule has 0 aliphatic carbocycles. The van der Waals surface area contributed by atoms with Gasteiger partial charge in [0.2, 0.25) is 0 Å². The maximum atomic E-state index is 10.7. The predicted molar refractivity (Wildman–Crippen MR) is 40.7 cm³/mol. The van der Waals surface area contributed by atoms with E-state index in [1.165, 1.54) is 0 Å². The topological polar surface area (TPSA) is 84.8 Å². The van der Waals surface area contributed by atoms with Gasteiger partial charge in [-0.2, -0.15) is 13.8 Å². The van der Waals surface area contributed by atoms with Crippen LogP contribution < -0.4 is 5.43 Å². The van der Waals surface area contributed by atoms with Crippen LogP contribution in [0.4, 0.5) is 4.79 Å². The Morgan fingerprint density at radius 3 is 2.25 bits per heavy atom. The van der Waals surface area contributed by atoms with Crippen LogP contribution in [-0.2, 0) is 15.2 Å². The lowest BCUT2D eigenvalue weighted by atomic mass is 10.2. The second kappa shape index (κ2) is 4.05. The van der Waals surface area contributed by atoms with E-state index >= 15 is 0 Å². The zero-order chi connectivity index (χ0) is 9.78. The fourth-order valence-electron chi connectivity index (χ4n) is 0.375. The fourth-order valence-corrected chi connectivity index (χ4v) is 0.525. The molecule has 0 saturated carbocycles. The highest BCUT2D eigenvalue weighted by Gasteiger charge is 2.15. The van der Waals surface area contributed by atoms with Crippen molar-refractivity contribution in [2.24, 2.45) is 4.47 Å². The SMILES string of the molecule is CC(C)(C)OC(=O)NN=S(=O)=O. The van der Waals surface area contributed by atoms with Gasteiger partial charge in [0.15, 0.2) is 0 Å². The highest BCUT2D eigenvalue weighted by molar-refractivity contribution is 7.61. The first-order valence-corrected chi connectivity index (χ1v) is 4.13. The molecular formula is C5H10N2O4S. The van der Waals surface area contributed by atoms with Gasteiger partial charge in [-0.3, -0.25) is 0 Å². The maximum Gasteiger partial charge on any atom is 0.429 e. The Hall–Kier alpha value is -1.11. The summed E-state index contributed by atoms with van der Waals surface area (Å²) in [6.45, 7) is 4.96. The lowest BCUT2D eigenvalue weighted by molar-refractivity contribution is 0.0530. The molecule has 6 nitrogen and oxygen atoms in total. The van der Waals surface area contributed by atoms with Gasteiger partial charge in [-0.25, -0.2) is 4.79 Å². The van der Waals surface area contributed by atoms with Crippen molar-refractivity contribution in [3.8, 4) is 0 Å². The molecule has 0 aromatic carbocycles. The zero-order valence-electron chi connectivity index (χ0n) is 6.99. The van der Waals surface area contributed by atoms with Gasteiger partial charge in [-0.05, 0) is 25.2 Å². The minimum Gasteiger partial charge on any atom is -0.443 e. The first-order chi connectivity index (χ1) is 5.31. The Morgan fingerprint density at radius 2 is 1.92 bits per heavy atom. The normalized spacial score (nSPS) is 10.2. The first-order valence-electron chi connectivity index (χ1n) is 3.10. The van der Waals surface area contributed by atoms with Crippen molar-refractivity contribution in [1.29, 1.82) is 0 Å². The van der Waals surface area contributed by atoms with Gasteiger partial charge in [0.25, 0.3) is 0 Å². The van der Waals surface area contributed by atoms with Crippen LogP contribution in [0.15, 0.2) is 4.47 Å². The molecule has 0 unspecified atom stereocenters. The molecule has 0 aliphatic heterocycles. The van der Waals surface area contributed by atoms with Crippen molar-refractivity contribution in [3.63, 3.8) is 0 Å².